The highest BCUT2D eigenvalue weighted by Crippen LogP contribution is 2.27. The Morgan fingerprint density at radius 1 is 1.31 bits per heavy atom. The lowest BCUT2D eigenvalue weighted by molar-refractivity contribution is 0.0526. The van der Waals surface area contributed by atoms with E-state index in [4.69, 9.17) is 16.3 Å². The highest BCUT2D eigenvalue weighted by molar-refractivity contribution is 7.89. The molecule has 1 amide bonds. The Bertz CT molecular complexity index is 810. The van der Waals surface area contributed by atoms with Crippen LogP contribution in [0, 0.1) is 5.82 Å². The second-order valence-corrected chi connectivity index (χ2v) is 10.1. The van der Waals surface area contributed by atoms with Crippen molar-refractivity contribution in [2.75, 3.05) is 13.1 Å². The van der Waals surface area contributed by atoms with Gasteiger partial charge in [0, 0.05) is 24.2 Å². The Balaban J connectivity index is 2.79. The van der Waals surface area contributed by atoms with Gasteiger partial charge < -0.3 is 15.2 Å². The number of ether oxygens (including phenoxy) is 1. The monoisotopic (exact) mass is 452 g/mol. The first-order valence-corrected chi connectivity index (χ1v) is 11.2. The van der Waals surface area contributed by atoms with Crippen LogP contribution in [-0.4, -0.2) is 48.7 Å². The molecular formula is C19H30ClFN2O5S. The minimum atomic E-state index is -4.13. The second kappa shape index (κ2) is 10.6. The molecular weight excluding hydrogens is 423 g/mol. The predicted molar refractivity (Wildman–Crippen MR) is 110 cm³/mol. The molecule has 166 valence electrons. The van der Waals surface area contributed by atoms with Crippen LogP contribution in [0.4, 0.5) is 9.18 Å². The molecule has 0 fully saturated rings. The predicted octanol–water partition coefficient (Wildman–Crippen LogP) is 3.68. The minimum Gasteiger partial charge on any atom is -0.444 e. The molecule has 7 nitrogen and oxygen atoms in total. The number of sulfonamides is 1. The van der Waals surface area contributed by atoms with Crippen LogP contribution >= 0.6 is 11.6 Å². The highest BCUT2D eigenvalue weighted by atomic mass is 35.5. The third-order valence-electron chi connectivity index (χ3n) is 3.91. The molecule has 2 N–H and O–H groups in total. The maximum absolute atomic E-state index is 14.3. The molecule has 0 heterocycles. The number of nitrogens with zero attached hydrogens (tertiary/aromatic N) is 1. The van der Waals surface area contributed by atoms with Crippen LogP contribution in [0.3, 0.4) is 0 Å². The number of aliphatic hydroxyl groups is 1. The SMILES string of the molecule is CC(C)N(CCCCNC(=O)OC(C)(C)C)S(=O)(=O)c1cc(CO)c(Cl)cc1F. The molecule has 0 atom stereocenters. The summed E-state index contributed by atoms with van der Waals surface area (Å²) >= 11 is 5.82. The van der Waals surface area contributed by atoms with E-state index in [2.05, 4.69) is 5.32 Å². The lowest BCUT2D eigenvalue weighted by Gasteiger charge is -2.26. The molecule has 29 heavy (non-hydrogen) atoms. The Morgan fingerprint density at radius 3 is 2.45 bits per heavy atom. The van der Waals surface area contributed by atoms with Crippen molar-refractivity contribution in [2.45, 2.75) is 70.6 Å². The Morgan fingerprint density at radius 2 is 1.93 bits per heavy atom. The maximum atomic E-state index is 14.3. The van der Waals surface area contributed by atoms with Crippen LogP contribution in [0.15, 0.2) is 17.0 Å². The molecule has 0 aromatic heterocycles. The van der Waals surface area contributed by atoms with Crippen molar-refractivity contribution in [3.05, 3.63) is 28.5 Å². The first kappa shape index (κ1) is 25.6. The second-order valence-electron chi connectivity index (χ2n) is 7.88. The quantitative estimate of drug-likeness (QED) is 0.557. The molecule has 0 radical (unpaired) electrons. The zero-order valence-corrected chi connectivity index (χ0v) is 19.0. The van der Waals surface area contributed by atoms with Crippen LogP contribution in [0.2, 0.25) is 5.02 Å². The summed E-state index contributed by atoms with van der Waals surface area (Å²) in [5, 5.41) is 11.9. The maximum Gasteiger partial charge on any atom is 0.407 e. The van der Waals surface area contributed by atoms with Gasteiger partial charge in [0.25, 0.3) is 0 Å². The number of benzene rings is 1. The van der Waals surface area contributed by atoms with Gasteiger partial charge in [-0.25, -0.2) is 17.6 Å². The van der Waals surface area contributed by atoms with E-state index >= 15 is 0 Å². The average Bonchev–Trinajstić information content (AvgIpc) is 2.55. The Hall–Kier alpha value is -1.42. The number of rotatable bonds is 9. The van der Waals surface area contributed by atoms with Gasteiger partial charge in [0.1, 0.15) is 16.3 Å². The van der Waals surface area contributed by atoms with Crippen LogP contribution in [0.1, 0.15) is 53.0 Å². The van der Waals surface area contributed by atoms with Crippen LogP contribution in [0.5, 0.6) is 0 Å². The number of unbranched alkanes of at least 4 members (excludes halogenated alkanes) is 1. The summed E-state index contributed by atoms with van der Waals surface area (Å²) in [4.78, 5) is 11.1. The number of hydrogen-bond acceptors (Lipinski definition) is 5. The van der Waals surface area contributed by atoms with Crippen molar-refractivity contribution in [1.82, 2.24) is 9.62 Å². The molecule has 0 aliphatic heterocycles. The summed E-state index contributed by atoms with van der Waals surface area (Å²) in [5.74, 6) is -0.968. The van der Waals surface area contributed by atoms with Crippen molar-refractivity contribution in [2.24, 2.45) is 0 Å². The largest absolute Gasteiger partial charge is 0.444 e. The third-order valence-corrected chi connectivity index (χ3v) is 6.35. The fourth-order valence-electron chi connectivity index (χ4n) is 2.57. The number of carbonyl (C=O) groups excluding carboxylic acids is 1. The van der Waals surface area contributed by atoms with E-state index in [0.29, 0.717) is 19.4 Å². The molecule has 0 saturated carbocycles. The molecule has 1 aromatic carbocycles. The molecule has 0 saturated heterocycles. The third kappa shape index (κ3) is 7.73. The van der Waals surface area contributed by atoms with E-state index < -0.39 is 45.1 Å². The van der Waals surface area contributed by atoms with Crippen molar-refractivity contribution in [1.29, 1.82) is 0 Å². The van der Waals surface area contributed by atoms with Gasteiger partial charge in [0.15, 0.2) is 0 Å². The number of aliphatic hydroxyl groups excluding tert-OH is 1. The van der Waals surface area contributed by atoms with Gasteiger partial charge in [-0.2, -0.15) is 4.31 Å². The lowest BCUT2D eigenvalue weighted by Crippen LogP contribution is -2.38. The number of hydrogen-bond donors (Lipinski definition) is 2. The highest BCUT2D eigenvalue weighted by Gasteiger charge is 2.30. The van der Waals surface area contributed by atoms with E-state index in [1.54, 1.807) is 34.6 Å². The van der Waals surface area contributed by atoms with E-state index in [1.165, 1.54) is 4.31 Å². The number of halogens is 2. The standard InChI is InChI=1S/C19H30ClFN2O5S/c1-13(2)23(9-7-6-8-22-18(25)28-19(3,4)5)29(26,27)17-10-14(12-24)15(20)11-16(17)21/h10-11,13,24H,6-9,12H2,1-5H3,(H,22,25). The fraction of sp³-hybridized carbons (Fsp3) is 0.632. The van der Waals surface area contributed by atoms with Gasteiger partial charge in [-0.15, -0.1) is 0 Å². The van der Waals surface area contributed by atoms with Crippen LogP contribution in [0.25, 0.3) is 0 Å². The van der Waals surface area contributed by atoms with Gasteiger partial charge in [-0.1, -0.05) is 11.6 Å². The summed E-state index contributed by atoms with van der Waals surface area (Å²) in [7, 11) is -4.13. The Kier molecular flexibility index (Phi) is 9.33. The van der Waals surface area contributed by atoms with Crippen molar-refractivity contribution in [3.8, 4) is 0 Å². The molecule has 0 bridgehead atoms. The van der Waals surface area contributed by atoms with E-state index in [0.717, 1.165) is 12.1 Å². The normalized spacial score (nSPS) is 12.5. The van der Waals surface area contributed by atoms with E-state index in [-0.39, 0.29) is 17.1 Å². The summed E-state index contributed by atoms with van der Waals surface area (Å²) < 4.78 is 46.6. The summed E-state index contributed by atoms with van der Waals surface area (Å²) in [5.41, 5.74) is -0.459. The lowest BCUT2D eigenvalue weighted by atomic mass is 10.2. The molecule has 1 aromatic rings. The van der Waals surface area contributed by atoms with Crippen LogP contribution in [-0.2, 0) is 21.4 Å². The van der Waals surface area contributed by atoms with Gasteiger partial charge in [0.2, 0.25) is 10.0 Å². The summed E-state index contributed by atoms with van der Waals surface area (Å²) in [6, 6.07) is 1.54. The topological polar surface area (TPSA) is 95.9 Å². The molecule has 0 unspecified atom stereocenters. The van der Waals surface area contributed by atoms with Gasteiger partial charge in [-0.3, -0.25) is 0 Å². The zero-order valence-electron chi connectivity index (χ0n) is 17.5. The number of amides is 1. The number of carbonyl (C=O) groups is 1. The number of alkyl carbamates (subject to hydrolysis) is 1. The van der Waals surface area contributed by atoms with Crippen molar-refractivity contribution < 1.29 is 27.4 Å². The first-order valence-electron chi connectivity index (χ1n) is 9.37. The van der Waals surface area contributed by atoms with Gasteiger partial charge >= 0.3 is 6.09 Å². The first-order chi connectivity index (χ1) is 13.3. The van der Waals surface area contributed by atoms with E-state index in [1.807, 2.05) is 0 Å². The number of nitrogens with one attached hydrogen (secondary N) is 1. The van der Waals surface area contributed by atoms with Gasteiger partial charge in [-0.05, 0) is 65.2 Å². The summed E-state index contributed by atoms with van der Waals surface area (Å²) in [6.45, 7) is 8.63. The van der Waals surface area contributed by atoms with Crippen molar-refractivity contribution >= 4 is 27.7 Å². The fourth-order valence-corrected chi connectivity index (χ4v) is 4.55. The molecule has 10 heteroatoms. The smallest absolute Gasteiger partial charge is 0.407 e. The van der Waals surface area contributed by atoms with E-state index in [9.17, 15) is 22.7 Å². The zero-order chi connectivity index (χ0) is 22.4. The van der Waals surface area contributed by atoms with Crippen LogP contribution < -0.4 is 5.32 Å². The molecule has 0 spiro atoms. The molecule has 0 aliphatic carbocycles. The molecule has 0 aliphatic rings. The summed E-state index contributed by atoms with van der Waals surface area (Å²) in [6.07, 6.45) is 0.434. The molecule has 1 rings (SSSR count). The van der Waals surface area contributed by atoms with Gasteiger partial charge in [0.05, 0.1) is 6.61 Å². The Labute approximate surface area is 177 Å². The van der Waals surface area contributed by atoms with Crippen molar-refractivity contribution in [3.63, 3.8) is 0 Å². The minimum absolute atomic E-state index is 0.0340. The average molecular weight is 453 g/mol.